The molecule has 6 nitrogen and oxygen atoms in total. The molecule has 0 heterocycles. The van der Waals surface area contributed by atoms with Crippen molar-refractivity contribution in [3.8, 4) is 5.75 Å². The third kappa shape index (κ3) is 3.57. The van der Waals surface area contributed by atoms with E-state index < -0.39 is 16.7 Å². The number of esters is 1. The maximum atomic E-state index is 13.5. The Morgan fingerprint density at radius 3 is 2.64 bits per heavy atom. The van der Waals surface area contributed by atoms with Crippen LogP contribution in [0, 0.1) is 15.9 Å². The number of hydrogen-bond acceptors (Lipinski definition) is 5. The number of hydrogen-bond donors (Lipinski definition) is 0. The fourth-order valence-corrected chi connectivity index (χ4v) is 1.78. The summed E-state index contributed by atoms with van der Waals surface area (Å²) in [5, 5.41) is 10.9. The Bertz CT molecular complexity index is 717. The highest BCUT2D eigenvalue weighted by atomic mass is 19.1. The molecule has 0 bridgehead atoms. The number of halogens is 1. The highest BCUT2D eigenvalue weighted by Crippen LogP contribution is 2.24. The molecule has 0 N–H and O–H groups in total. The third-order valence-electron chi connectivity index (χ3n) is 2.88. The van der Waals surface area contributed by atoms with Gasteiger partial charge in [-0.15, -0.1) is 0 Å². The number of ether oxygens (including phenoxy) is 2. The van der Waals surface area contributed by atoms with E-state index in [0.717, 1.165) is 12.1 Å². The number of nitrogens with zero attached hydrogens (tertiary/aromatic N) is 1. The molecule has 0 aromatic heterocycles. The minimum absolute atomic E-state index is 0.0137. The quantitative estimate of drug-likeness (QED) is 0.482. The van der Waals surface area contributed by atoms with Gasteiger partial charge in [0, 0.05) is 11.6 Å². The summed E-state index contributed by atoms with van der Waals surface area (Å²) in [7, 11) is 1.17. The molecule has 22 heavy (non-hydrogen) atoms. The first-order chi connectivity index (χ1) is 10.5. The van der Waals surface area contributed by atoms with Crippen molar-refractivity contribution < 1.29 is 23.6 Å². The molecule has 2 rings (SSSR count). The summed E-state index contributed by atoms with van der Waals surface area (Å²) in [4.78, 5) is 21.7. The van der Waals surface area contributed by atoms with Crippen molar-refractivity contribution in [3.63, 3.8) is 0 Å². The summed E-state index contributed by atoms with van der Waals surface area (Å²) in [5.41, 5.74) is -0.0275. The van der Waals surface area contributed by atoms with Crippen LogP contribution in [-0.4, -0.2) is 18.0 Å². The lowest BCUT2D eigenvalue weighted by Crippen LogP contribution is -2.04. The molecule has 0 aliphatic heterocycles. The third-order valence-corrected chi connectivity index (χ3v) is 2.88. The topological polar surface area (TPSA) is 78.7 Å². The molecular weight excluding hydrogens is 293 g/mol. The Kier molecular flexibility index (Phi) is 4.67. The molecule has 0 amide bonds. The number of carbonyl (C=O) groups excluding carboxylic acids is 1. The largest absolute Gasteiger partial charge is 0.489 e. The van der Waals surface area contributed by atoms with Crippen molar-refractivity contribution >= 4 is 11.7 Å². The maximum Gasteiger partial charge on any atom is 0.338 e. The van der Waals surface area contributed by atoms with E-state index in [2.05, 4.69) is 4.74 Å². The summed E-state index contributed by atoms with van der Waals surface area (Å²) >= 11 is 0. The lowest BCUT2D eigenvalue weighted by molar-refractivity contribution is -0.385. The zero-order valence-corrected chi connectivity index (χ0v) is 11.6. The number of methoxy groups -OCH3 is 1. The minimum Gasteiger partial charge on any atom is -0.489 e. The first-order valence-corrected chi connectivity index (χ1v) is 6.25. The van der Waals surface area contributed by atoms with Crippen LogP contribution >= 0.6 is 0 Å². The minimum atomic E-state index is -0.723. The standard InChI is InChI=1S/C15H12FNO5/c1-21-15(18)11-6-12(17(19)20)8-13(7-11)22-9-10-4-2-3-5-14(10)16/h2-8H,9H2,1H3. The van der Waals surface area contributed by atoms with Gasteiger partial charge in [-0.05, 0) is 12.1 Å². The van der Waals surface area contributed by atoms with Gasteiger partial charge in [0.2, 0.25) is 0 Å². The number of rotatable bonds is 5. The van der Waals surface area contributed by atoms with Gasteiger partial charge in [-0.1, -0.05) is 18.2 Å². The van der Waals surface area contributed by atoms with E-state index in [1.807, 2.05) is 0 Å². The van der Waals surface area contributed by atoms with Crippen LogP contribution in [0.15, 0.2) is 42.5 Å². The number of carbonyl (C=O) groups is 1. The van der Waals surface area contributed by atoms with E-state index >= 15 is 0 Å². The van der Waals surface area contributed by atoms with Crippen molar-refractivity contribution in [2.75, 3.05) is 7.11 Å². The van der Waals surface area contributed by atoms with Crippen molar-refractivity contribution in [2.45, 2.75) is 6.61 Å². The van der Waals surface area contributed by atoms with Crippen LogP contribution in [0.1, 0.15) is 15.9 Å². The Balaban J connectivity index is 2.26. The van der Waals surface area contributed by atoms with Crippen LogP contribution in [0.3, 0.4) is 0 Å². The summed E-state index contributed by atoms with van der Waals surface area (Å²) in [6.45, 7) is -0.117. The molecule has 0 radical (unpaired) electrons. The average Bonchev–Trinajstić information content (AvgIpc) is 2.53. The molecule has 0 aliphatic carbocycles. The number of nitro benzene ring substituents is 1. The van der Waals surface area contributed by atoms with Gasteiger partial charge in [-0.2, -0.15) is 0 Å². The van der Waals surface area contributed by atoms with Crippen LogP contribution in [0.2, 0.25) is 0 Å². The lowest BCUT2D eigenvalue weighted by Gasteiger charge is -2.08. The van der Waals surface area contributed by atoms with E-state index in [4.69, 9.17) is 4.74 Å². The smallest absolute Gasteiger partial charge is 0.338 e. The predicted molar refractivity (Wildman–Crippen MR) is 75.2 cm³/mol. The predicted octanol–water partition coefficient (Wildman–Crippen LogP) is 3.10. The average molecular weight is 305 g/mol. The fraction of sp³-hybridized carbons (Fsp3) is 0.133. The van der Waals surface area contributed by atoms with Crippen molar-refractivity contribution in [1.82, 2.24) is 0 Å². The van der Waals surface area contributed by atoms with E-state index in [1.54, 1.807) is 12.1 Å². The van der Waals surface area contributed by atoms with Crippen LogP contribution in [0.4, 0.5) is 10.1 Å². The van der Waals surface area contributed by atoms with E-state index in [0.29, 0.717) is 5.56 Å². The monoisotopic (exact) mass is 305 g/mol. The maximum absolute atomic E-state index is 13.5. The van der Waals surface area contributed by atoms with Gasteiger partial charge in [-0.25, -0.2) is 9.18 Å². The molecule has 0 saturated carbocycles. The molecule has 2 aromatic rings. The first-order valence-electron chi connectivity index (χ1n) is 6.25. The Labute approximate surface area is 125 Å². The molecule has 0 aliphatic rings. The van der Waals surface area contributed by atoms with Gasteiger partial charge >= 0.3 is 5.97 Å². The molecule has 114 valence electrons. The summed E-state index contributed by atoms with van der Waals surface area (Å²) in [6, 6.07) is 9.56. The molecular formula is C15H12FNO5. The van der Waals surface area contributed by atoms with Gasteiger partial charge in [0.05, 0.1) is 23.7 Å². The van der Waals surface area contributed by atoms with Crippen molar-refractivity contribution in [3.05, 3.63) is 69.5 Å². The van der Waals surface area contributed by atoms with Gasteiger partial charge < -0.3 is 9.47 Å². The molecule has 2 aromatic carbocycles. The SMILES string of the molecule is COC(=O)c1cc(OCc2ccccc2F)cc([N+](=O)[O-])c1. The van der Waals surface area contributed by atoms with Crippen molar-refractivity contribution in [1.29, 1.82) is 0 Å². The fourth-order valence-electron chi connectivity index (χ4n) is 1.78. The van der Waals surface area contributed by atoms with Gasteiger partial charge in [-0.3, -0.25) is 10.1 Å². The van der Waals surface area contributed by atoms with E-state index in [9.17, 15) is 19.3 Å². The summed E-state index contributed by atoms with van der Waals surface area (Å²) in [5.74, 6) is -1.08. The first kappa shape index (κ1) is 15.4. The van der Waals surface area contributed by atoms with Crippen LogP contribution in [0.5, 0.6) is 5.75 Å². The molecule has 0 spiro atoms. The number of nitro groups is 1. The summed E-state index contributed by atoms with van der Waals surface area (Å²) < 4.78 is 23.4. The number of benzene rings is 2. The van der Waals surface area contributed by atoms with Crippen LogP contribution < -0.4 is 4.74 Å². The van der Waals surface area contributed by atoms with Crippen LogP contribution in [-0.2, 0) is 11.3 Å². The second-order valence-electron chi connectivity index (χ2n) is 4.34. The van der Waals surface area contributed by atoms with Gasteiger partial charge in [0.25, 0.3) is 5.69 Å². The molecule has 0 atom stereocenters. The highest BCUT2D eigenvalue weighted by molar-refractivity contribution is 5.90. The zero-order valence-electron chi connectivity index (χ0n) is 11.6. The summed E-state index contributed by atoms with van der Waals surface area (Å²) in [6.07, 6.45) is 0. The second kappa shape index (κ2) is 6.66. The zero-order chi connectivity index (χ0) is 16.1. The van der Waals surface area contributed by atoms with E-state index in [-0.39, 0.29) is 23.6 Å². The van der Waals surface area contributed by atoms with Gasteiger partial charge in [0.15, 0.2) is 0 Å². The molecule has 0 unspecified atom stereocenters. The molecule has 7 heteroatoms. The second-order valence-corrected chi connectivity index (χ2v) is 4.34. The Hall–Kier alpha value is -2.96. The molecule has 0 fully saturated rings. The van der Waals surface area contributed by atoms with E-state index in [1.165, 1.54) is 25.3 Å². The Morgan fingerprint density at radius 2 is 2.00 bits per heavy atom. The molecule has 0 saturated heterocycles. The van der Waals surface area contributed by atoms with Crippen LogP contribution in [0.25, 0.3) is 0 Å². The number of non-ortho nitro benzene ring substituents is 1. The highest BCUT2D eigenvalue weighted by Gasteiger charge is 2.16. The van der Waals surface area contributed by atoms with Gasteiger partial charge in [0.1, 0.15) is 18.2 Å². The lowest BCUT2D eigenvalue weighted by atomic mass is 10.2. The van der Waals surface area contributed by atoms with Crippen molar-refractivity contribution in [2.24, 2.45) is 0 Å². The Morgan fingerprint density at radius 1 is 1.27 bits per heavy atom. The normalized spacial score (nSPS) is 10.1.